The second-order valence-electron chi connectivity index (χ2n) is 4.48. The quantitative estimate of drug-likeness (QED) is 0.444. The lowest BCUT2D eigenvalue weighted by molar-refractivity contribution is -0.134. The van der Waals surface area contributed by atoms with E-state index in [4.69, 9.17) is 4.74 Å². The van der Waals surface area contributed by atoms with Gasteiger partial charge in [0, 0.05) is 11.8 Å². The molecule has 88 valence electrons. The third-order valence-corrected chi connectivity index (χ3v) is 3.16. The molecule has 1 saturated heterocycles. The fourth-order valence-corrected chi connectivity index (χ4v) is 2.17. The minimum absolute atomic E-state index is 0.199. The third-order valence-electron chi connectivity index (χ3n) is 3.16. The Bertz CT molecular complexity index is 361. The number of nitrogens with one attached hydrogen (secondary N) is 1. The van der Waals surface area contributed by atoms with E-state index in [1.165, 1.54) is 6.08 Å². The fraction of sp³-hybridized carbons (Fsp3) is 0.667. The van der Waals surface area contributed by atoms with E-state index < -0.39 is 5.60 Å². The Hall–Kier alpha value is -1.16. The number of rotatable bonds is 4. The van der Waals surface area contributed by atoms with Gasteiger partial charge in [0.1, 0.15) is 6.10 Å². The number of hydrogen-bond acceptors (Lipinski definition) is 3. The highest BCUT2D eigenvalue weighted by molar-refractivity contribution is 6.19. The number of ketones is 1. The topological polar surface area (TPSA) is 58.7 Å². The van der Waals surface area contributed by atoms with Crippen molar-refractivity contribution in [3.05, 3.63) is 11.8 Å². The average Bonchev–Trinajstić information content (AvgIpc) is 2.91. The van der Waals surface area contributed by atoms with Gasteiger partial charge >= 0.3 is 0 Å². The van der Waals surface area contributed by atoms with E-state index in [1.54, 1.807) is 6.92 Å². The third kappa shape index (κ3) is 1.67. The summed E-state index contributed by atoms with van der Waals surface area (Å²) in [5.74, 6) is -0.491. The van der Waals surface area contributed by atoms with Crippen LogP contribution in [0.15, 0.2) is 11.8 Å². The van der Waals surface area contributed by atoms with Crippen LogP contribution in [-0.4, -0.2) is 23.4 Å². The Morgan fingerprint density at radius 2 is 2.19 bits per heavy atom. The molecule has 0 aromatic rings. The van der Waals surface area contributed by atoms with E-state index in [0.717, 1.165) is 25.7 Å². The Labute approximate surface area is 95.0 Å². The fourth-order valence-electron chi connectivity index (χ4n) is 2.17. The van der Waals surface area contributed by atoms with Crippen LogP contribution in [0.1, 0.15) is 39.5 Å². The Morgan fingerprint density at radius 1 is 1.44 bits per heavy atom. The molecule has 2 unspecified atom stereocenters. The minimum atomic E-state index is -1.17. The van der Waals surface area contributed by atoms with Crippen LogP contribution in [0, 0.1) is 0 Å². The molecule has 1 spiro atoms. The first kappa shape index (κ1) is 11.3. The molecule has 2 heterocycles. The van der Waals surface area contributed by atoms with Crippen LogP contribution < -0.4 is 5.32 Å². The van der Waals surface area contributed by atoms with E-state index in [2.05, 4.69) is 12.2 Å². The Morgan fingerprint density at radius 3 is 2.81 bits per heavy atom. The number of ether oxygens (including phenoxy) is 1. The highest BCUT2D eigenvalue weighted by atomic mass is 16.6. The molecule has 0 bridgehead atoms. The SMILES string of the molecule is CCCCCC1OC12C(=O)C=C(C)NC2=O. The molecule has 0 radical (unpaired) electrons. The van der Waals surface area contributed by atoms with Crippen molar-refractivity contribution in [2.75, 3.05) is 0 Å². The van der Waals surface area contributed by atoms with Gasteiger partial charge in [0.05, 0.1) is 0 Å². The predicted molar refractivity (Wildman–Crippen MR) is 58.7 cm³/mol. The molecule has 0 aromatic carbocycles. The smallest absolute Gasteiger partial charge is 0.267 e. The molecule has 4 nitrogen and oxygen atoms in total. The molecule has 2 aliphatic rings. The van der Waals surface area contributed by atoms with Crippen molar-refractivity contribution in [2.24, 2.45) is 0 Å². The predicted octanol–water partition coefficient (Wildman–Crippen LogP) is 1.31. The van der Waals surface area contributed by atoms with Crippen LogP contribution in [0.5, 0.6) is 0 Å². The van der Waals surface area contributed by atoms with Gasteiger partial charge in [-0.1, -0.05) is 26.2 Å². The van der Waals surface area contributed by atoms with Crippen LogP contribution in [0.25, 0.3) is 0 Å². The number of carbonyl (C=O) groups excluding carboxylic acids is 2. The maximum absolute atomic E-state index is 11.8. The van der Waals surface area contributed by atoms with E-state index in [-0.39, 0.29) is 17.8 Å². The van der Waals surface area contributed by atoms with Crippen molar-refractivity contribution in [3.63, 3.8) is 0 Å². The highest BCUT2D eigenvalue weighted by Gasteiger charge is 2.67. The van der Waals surface area contributed by atoms with Gasteiger partial charge in [0.2, 0.25) is 11.4 Å². The summed E-state index contributed by atoms with van der Waals surface area (Å²) in [6, 6.07) is 0. The van der Waals surface area contributed by atoms with Crippen molar-refractivity contribution in [3.8, 4) is 0 Å². The second kappa shape index (κ2) is 4.01. The first-order valence-corrected chi connectivity index (χ1v) is 5.83. The first-order chi connectivity index (χ1) is 7.61. The molecule has 16 heavy (non-hydrogen) atoms. The molecule has 2 rings (SSSR count). The summed E-state index contributed by atoms with van der Waals surface area (Å²) in [4.78, 5) is 23.5. The monoisotopic (exact) mass is 223 g/mol. The number of carbonyl (C=O) groups is 2. The van der Waals surface area contributed by atoms with Gasteiger partial charge in [0.25, 0.3) is 5.91 Å². The zero-order valence-electron chi connectivity index (χ0n) is 9.71. The summed E-state index contributed by atoms with van der Waals surface area (Å²) >= 11 is 0. The number of allylic oxidation sites excluding steroid dienone is 1. The number of unbranched alkanes of at least 4 members (excludes halogenated alkanes) is 2. The van der Waals surface area contributed by atoms with Crippen LogP contribution >= 0.6 is 0 Å². The van der Waals surface area contributed by atoms with E-state index in [0.29, 0.717) is 5.70 Å². The standard InChI is InChI=1S/C12H17NO3/c1-3-4-5-6-10-12(16-10)9(14)7-8(2)13-11(12)15/h7,10H,3-6H2,1-2H3,(H,13,15). The number of amides is 1. The summed E-state index contributed by atoms with van der Waals surface area (Å²) in [5.41, 5.74) is -0.573. The average molecular weight is 223 g/mol. The number of epoxide rings is 1. The molecule has 0 saturated carbocycles. The molecule has 0 aromatic heterocycles. The molecule has 1 fully saturated rings. The summed E-state index contributed by atoms with van der Waals surface area (Å²) in [6.45, 7) is 3.82. The van der Waals surface area contributed by atoms with Crippen molar-refractivity contribution in [1.29, 1.82) is 0 Å². The van der Waals surface area contributed by atoms with E-state index >= 15 is 0 Å². The van der Waals surface area contributed by atoms with Gasteiger partial charge in [0.15, 0.2) is 0 Å². The van der Waals surface area contributed by atoms with E-state index in [9.17, 15) is 9.59 Å². The zero-order chi connectivity index (χ0) is 11.8. The molecular formula is C12H17NO3. The second-order valence-corrected chi connectivity index (χ2v) is 4.48. The molecular weight excluding hydrogens is 206 g/mol. The largest absolute Gasteiger partial charge is 0.348 e. The first-order valence-electron chi connectivity index (χ1n) is 5.83. The normalized spacial score (nSPS) is 32.6. The van der Waals surface area contributed by atoms with Crippen molar-refractivity contribution in [2.45, 2.75) is 51.2 Å². The lowest BCUT2D eigenvalue weighted by Gasteiger charge is -2.16. The molecule has 4 heteroatoms. The maximum atomic E-state index is 11.8. The lowest BCUT2D eigenvalue weighted by atomic mass is 9.92. The van der Waals surface area contributed by atoms with Gasteiger partial charge in [-0.2, -0.15) is 0 Å². The van der Waals surface area contributed by atoms with Crippen LogP contribution in [0.2, 0.25) is 0 Å². The van der Waals surface area contributed by atoms with Crippen LogP contribution in [0.3, 0.4) is 0 Å². The number of hydrogen-bond donors (Lipinski definition) is 1. The summed E-state index contributed by atoms with van der Waals surface area (Å²) in [5, 5.41) is 2.66. The van der Waals surface area contributed by atoms with Gasteiger partial charge in [-0.05, 0) is 13.3 Å². The van der Waals surface area contributed by atoms with Gasteiger partial charge in [-0.3, -0.25) is 9.59 Å². The van der Waals surface area contributed by atoms with Gasteiger partial charge in [-0.15, -0.1) is 0 Å². The van der Waals surface area contributed by atoms with Crippen molar-refractivity contribution >= 4 is 11.7 Å². The Kier molecular flexibility index (Phi) is 2.84. The molecule has 2 atom stereocenters. The molecule has 1 N–H and O–H groups in total. The van der Waals surface area contributed by atoms with Crippen molar-refractivity contribution in [1.82, 2.24) is 5.32 Å². The summed E-state index contributed by atoms with van der Waals surface area (Å²) < 4.78 is 5.36. The molecule has 1 amide bonds. The lowest BCUT2D eigenvalue weighted by Crippen LogP contribution is -2.47. The van der Waals surface area contributed by atoms with Gasteiger partial charge < -0.3 is 10.1 Å². The maximum Gasteiger partial charge on any atom is 0.267 e. The van der Waals surface area contributed by atoms with E-state index in [1.807, 2.05) is 0 Å². The van der Waals surface area contributed by atoms with Crippen LogP contribution in [0.4, 0.5) is 0 Å². The van der Waals surface area contributed by atoms with Crippen molar-refractivity contribution < 1.29 is 14.3 Å². The summed E-state index contributed by atoms with van der Waals surface area (Å²) in [7, 11) is 0. The van der Waals surface area contributed by atoms with Crippen LogP contribution in [-0.2, 0) is 14.3 Å². The molecule has 0 aliphatic carbocycles. The molecule has 2 aliphatic heterocycles. The van der Waals surface area contributed by atoms with Gasteiger partial charge in [-0.25, -0.2) is 0 Å². The zero-order valence-corrected chi connectivity index (χ0v) is 9.71. The Balaban J connectivity index is 2.00. The highest BCUT2D eigenvalue weighted by Crippen LogP contribution is 2.43. The summed E-state index contributed by atoms with van der Waals surface area (Å²) in [6.07, 6.45) is 5.28. The minimum Gasteiger partial charge on any atom is -0.348 e.